The minimum absolute atomic E-state index is 0.0340. The summed E-state index contributed by atoms with van der Waals surface area (Å²) in [4.78, 5) is 198. The van der Waals surface area contributed by atoms with Crippen molar-refractivity contribution in [2.45, 2.75) is 261 Å². The molecule has 2 aromatic heterocycles. The summed E-state index contributed by atoms with van der Waals surface area (Å²) >= 11 is 2.75. The van der Waals surface area contributed by atoms with E-state index in [0.29, 0.717) is 47.7 Å². The zero-order valence-corrected chi connectivity index (χ0v) is 85.2. The third-order valence-corrected chi connectivity index (χ3v) is 27.0. The molecule has 9 atom stereocenters. The first kappa shape index (κ1) is 108. The van der Waals surface area contributed by atoms with Crippen LogP contribution >= 0.6 is 23.1 Å². The van der Waals surface area contributed by atoms with Crippen molar-refractivity contribution in [1.29, 1.82) is 0 Å². The lowest BCUT2D eigenvalue weighted by molar-refractivity contribution is -0.149. The van der Waals surface area contributed by atoms with E-state index in [9.17, 15) is 28.8 Å². The highest BCUT2D eigenvalue weighted by molar-refractivity contribution is 8.00. The SMILES string of the molecule is CCCC[C@@H](C(=O)N(C)[C@@H](CCCC)C(=O)N[C@@H](CCCNC(=O)OC(C)(C)C)C(=O)N[C@@H](CSC(c1ccccc1)(c1ccccc1)c1ccccc1)C(=O)NCC(N)=O)N(C)C(=O)[C@H](Cc1csc2ccccc12)NC(=O)[C@H](CCNC(=O)OC(C)(C)C)NC(=O)[C@H](Cc1cn(C(=O)OC(C)(C)C)c2ccccc12)NC(=O)[C@@H]1C[C@@H](OC(C)(C)C)CN1C(=O)OCC1c2ccccc2-c2ccccc21. The molecule has 1 aliphatic carbocycles. The van der Waals surface area contributed by atoms with E-state index in [1.165, 1.54) is 62.7 Å². The van der Waals surface area contributed by atoms with Gasteiger partial charge in [0.25, 0.3) is 0 Å². The third-order valence-electron chi connectivity index (χ3n) is 24.4. The van der Waals surface area contributed by atoms with Crippen molar-refractivity contribution in [2.75, 3.05) is 52.6 Å². The standard InChI is InChI=1S/C108H137N13O18S2/c1-17-19-52-87(96(127)114-81(51-38-57-110-100(131)137-105(6,7)8)93(124)117-85(92(123)112-62-91(109)122)67-141-108(70-39-24-21-25-40-70,71-41-26-22-27-42-71)72-43-28-23-29-44-72)118(15)99(130)88(53-20-18-2)119(16)98(129)84(60-69-66-140-90-55-37-35-46-75(69)90)116-94(125)82(56-58-111-101(132)138-106(9,10)11)113-95(126)83(59-68-63-120(103(134)139-107(12,13)14)86-54-36-34-45-74(68)86)115-97(128)89-61-73(136-104(3,4)5)64-121(89)102(133)135-65-80-78-49-32-30-47-76(78)77-48-31-33-50-79(77)80/h21-37,39-50,54-55,63,66,73,80-85,87-89H,17-20,38,51-53,56-62,64-65,67H2,1-16H3,(H2,109,122)(H,110,131)(H,111,132)(H,112,123)(H,113,126)(H,114,127)(H,115,128)(H,116,125)(H,117,124)/t73-,81+,82+,83+,84+,85+,87+,88+,89+/m1/s1. The first-order valence-corrected chi connectivity index (χ1v) is 50.2. The van der Waals surface area contributed by atoms with Gasteiger partial charge in [-0.05, 0) is 188 Å². The molecule has 10 N–H and O–H groups in total. The molecule has 7 aromatic carbocycles. The highest BCUT2D eigenvalue weighted by atomic mass is 32.2. The van der Waals surface area contributed by atoms with Gasteiger partial charge in [-0.15, -0.1) is 23.1 Å². The number of para-hydroxylation sites is 1. The fourth-order valence-electron chi connectivity index (χ4n) is 17.8. The molecule has 0 spiro atoms. The van der Waals surface area contributed by atoms with E-state index in [1.807, 2.05) is 204 Å². The number of amides is 12. The molecule has 0 unspecified atom stereocenters. The summed E-state index contributed by atoms with van der Waals surface area (Å²) in [6.07, 6.45) is -1.55. The molecule has 0 radical (unpaired) electrons. The molecule has 11 rings (SSSR count). The summed E-state index contributed by atoms with van der Waals surface area (Å²) in [5.74, 6) is -7.88. The minimum atomic E-state index is -1.68. The lowest BCUT2D eigenvalue weighted by atomic mass is 9.84. The van der Waals surface area contributed by atoms with Crippen molar-refractivity contribution in [3.05, 3.63) is 239 Å². The van der Waals surface area contributed by atoms with Gasteiger partial charge < -0.3 is 81.8 Å². The molecule has 12 amide bonds. The Balaban J connectivity index is 0.919. The number of hydrogen-bond acceptors (Lipinski definition) is 20. The topological polar surface area (TPSA) is 405 Å². The van der Waals surface area contributed by atoms with E-state index in [4.69, 9.17) is 29.4 Å². The Morgan fingerprint density at radius 3 is 1.51 bits per heavy atom. The Hall–Kier alpha value is -13.1. The van der Waals surface area contributed by atoms with E-state index in [2.05, 4.69) is 42.5 Å². The van der Waals surface area contributed by atoms with Crippen LogP contribution in [0.3, 0.4) is 0 Å². The van der Waals surface area contributed by atoms with Gasteiger partial charge in [-0.1, -0.05) is 215 Å². The number of aromatic nitrogens is 1. The lowest BCUT2D eigenvalue weighted by Gasteiger charge is -2.37. The molecule has 3 heterocycles. The molecule has 1 aliphatic heterocycles. The van der Waals surface area contributed by atoms with Crippen molar-refractivity contribution < 1.29 is 86.0 Å². The van der Waals surface area contributed by atoms with Crippen molar-refractivity contribution in [2.24, 2.45) is 5.73 Å². The van der Waals surface area contributed by atoms with E-state index >= 15 is 33.6 Å². The fraction of sp³-hybridized carbons (Fsp3) is 0.454. The molecule has 2 aliphatic rings. The first-order valence-electron chi connectivity index (χ1n) is 48.4. The number of likely N-dealkylation sites (tertiary alicyclic amines) is 1. The number of thiophene rings is 1. The zero-order chi connectivity index (χ0) is 102. The number of carbonyl (C=O) groups excluding carboxylic acids is 13. The van der Waals surface area contributed by atoms with Crippen molar-refractivity contribution in [3.63, 3.8) is 0 Å². The summed E-state index contributed by atoms with van der Waals surface area (Å²) in [5.41, 5.74) is 9.91. The number of carbonyl (C=O) groups is 13. The predicted octanol–water partition coefficient (Wildman–Crippen LogP) is 14.6. The molecule has 141 heavy (non-hydrogen) atoms. The van der Waals surface area contributed by atoms with Crippen LogP contribution in [-0.2, 0) is 84.4 Å². The van der Waals surface area contributed by atoms with Gasteiger partial charge >= 0.3 is 24.4 Å². The maximum absolute atomic E-state index is 16.3. The van der Waals surface area contributed by atoms with Gasteiger partial charge in [0.05, 0.1) is 35.1 Å². The molecule has 31 nitrogen and oxygen atoms in total. The number of fused-ring (bicyclic) bond motifs is 5. The molecule has 1 saturated heterocycles. The van der Waals surface area contributed by atoms with Gasteiger partial charge in [0, 0.05) is 74.4 Å². The number of benzene rings is 7. The Kier molecular flexibility index (Phi) is 37.5. The summed E-state index contributed by atoms with van der Waals surface area (Å²) in [6, 6.07) is 47.3. The quantitative estimate of drug-likeness (QED) is 0.00973. The molecule has 1 fully saturated rings. The average molecular weight is 1970 g/mol. The number of ether oxygens (including phenoxy) is 5. The molecule has 9 aromatic rings. The predicted molar refractivity (Wildman–Crippen MR) is 546 cm³/mol. The van der Waals surface area contributed by atoms with Gasteiger partial charge in [0.15, 0.2) is 0 Å². The smallest absolute Gasteiger partial charge is 0.419 e. The second kappa shape index (κ2) is 48.8. The second-order valence-electron chi connectivity index (χ2n) is 39.8. The molecule has 0 saturated carbocycles. The summed E-state index contributed by atoms with van der Waals surface area (Å²) in [6.45, 7) is 23.5. The van der Waals surface area contributed by atoms with Gasteiger partial charge in [0.1, 0.15) is 71.7 Å². The number of alkyl carbamates (subject to hydrolysis) is 2. The maximum atomic E-state index is 16.3. The Bertz CT molecular complexity index is 5730. The molecular weight excluding hydrogens is 1830 g/mol. The van der Waals surface area contributed by atoms with Crippen LogP contribution in [0, 0.1) is 0 Å². The number of nitrogens with two attached hydrogens (primary N) is 1. The van der Waals surface area contributed by atoms with E-state index in [0.717, 1.165) is 49.0 Å². The fourth-order valence-corrected chi connectivity index (χ4v) is 20.3. The van der Waals surface area contributed by atoms with Gasteiger partial charge in [-0.3, -0.25) is 52.6 Å². The highest BCUT2D eigenvalue weighted by Crippen LogP contribution is 2.49. The number of primary amides is 1. The number of nitrogens with one attached hydrogen (secondary N) is 8. The second-order valence-corrected chi connectivity index (χ2v) is 42.0. The zero-order valence-electron chi connectivity index (χ0n) is 83.6. The number of nitrogens with zero attached hydrogens (tertiary/aromatic N) is 4. The minimum Gasteiger partial charge on any atom is -0.448 e. The highest BCUT2D eigenvalue weighted by Gasteiger charge is 2.47. The summed E-state index contributed by atoms with van der Waals surface area (Å²) in [5, 5.41) is 25.8. The lowest BCUT2D eigenvalue weighted by Crippen LogP contribution is -2.61. The first-order chi connectivity index (χ1) is 66.9. The van der Waals surface area contributed by atoms with Crippen LogP contribution in [0.5, 0.6) is 0 Å². The summed E-state index contributed by atoms with van der Waals surface area (Å²) < 4.78 is 30.9. The monoisotopic (exact) mass is 1970 g/mol. The largest absolute Gasteiger partial charge is 0.448 e. The van der Waals surface area contributed by atoms with Crippen molar-refractivity contribution >= 4 is 122 Å². The average Bonchev–Trinajstić information content (AvgIpc) is 1.75. The Morgan fingerprint density at radius 2 is 0.950 bits per heavy atom. The van der Waals surface area contributed by atoms with Crippen LogP contribution in [0.1, 0.15) is 206 Å². The van der Waals surface area contributed by atoms with Crippen molar-refractivity contribution in [3.8, 4) is 11.1 Å². The molecule has 33 heteroatoms. The molecule has 754 valence electrons. The number of unbranched alkanes of at least 4 members (excludes halogenated alkanes) is 2. The van der Waals surface area contributed by atoms with Gasteiger partial charge in [0.2, 0.25) is 53.2 Å². The number of thioether (sulfide) groups is 1. The van der Waals surface area contributed by atoms with E-state index in [1.54, 1.807) is 86.6 Å². The van der Waals surface area contributed by atoms with Crippen molar-refractivity contribution in [1.82, 2.24) is 61.8 Å². The Labute approximate surface area is 834 Å². The maximum Gasteiger partial charge on any atom is 0.419 e. The number of hydrogen-bond donors (Lipinski definition) is 9. The van der Waals surface area contributed by atoms with E-state index < -0.39 is 166 Å². The summed E-state index contributed by atoms with van der Waals surface area (Å²) in [7, 11) is 2.86. The Morgan fingerprint density at radius 1 is 0.468 bits per heavy atom. The van der Waals surface area contributed by atoms with Crippen LogP contribution in [-0.4, -0.2) is 226 Å². The van der Waals surface area contributed by atoms with Gasteiger partial charge in [-0.25, -0.2) is 19.2 Å². The van der Waals surface area contributed by atoms with E-state index in [-0.39, 0.29) is 89.3 Å². The van der Waals surface area contributed by atoms with Gasteiger partial charge in [-0.2, -0.15) is 0 Å². The van der Waals surface area contributed by atoms with Crippen LogP contribution in [0.25, 0.3) is 32.1 Å². The number of likely N-dealkylation sites (N-methyl/N-ethyl adjacent to an activating group) is 2. The normalized spacial score (nSPS) is 15.3. The van der Waals surface area contributed by atoms with Crippen LogP contribution in [0.2, 0.25) is 0 Å². The molecule has 0 bridgehead atoms. The van der Waals surface area contributed by atoms with Crippen LogP contribution in [0.15, 0.2) is 200 Å². The van der Waals surface area contributed by atoms with Crippen LogP contribution in [0.4, 0.5) is 19.2 Å². The number of rotatable bonds is 43. The molecular formula is C108H137N13O18S2. The van der Waals surface area contributed by atoms with Crippen LogP contribution < -0.4 is 48.3 Å². The third kappa shape index (κ3) is 29.5.